The summed E-state index contributed by atoms with van der Waals surface area (Å²) >= 11 is 0. The summed E-state index contributed by atoms with van der Waals surface area (Å²) in [6.45, 7) is 0. The lowest BCUT2D eigenvalue weighted by molar-refractivity contribution is -0.304. The summed E-state index contributed by atoms with van der Waals surface area (Å²) in [5.74, 6) is -2.53. The second-order valence-corrected chi connectivity index (χ2v) is 3.05. The number of carbonyl (C=O) groups excluding carboxylic acids is 2. The van der Waals surface area contributed by atoms with Crippen molar-refractivity contribution in [3.05, 3.63) is 35.4 Å². The van der Waals surface area contributed by atoms with E-state index < -0.39 is 29.9 Å². The minimum Gasteiger partial charge on any atom is -0.550 e. The van der Waals surface area contributed by atoms with Crippen molar-refractivity contribution in [3.8, 4) is 0 Å². The lowest BCUT2D eigenvalue weighted by atomic mass is 10.1. The van der Waals surface area contributed by atoms with Crippen molar-refractivity contribution in [2.24, 2.45) is 0 Å². The number of rotatable bonds is 3. The molecule has 0 bridgehead atoms. The van der Waals surface area contributed by atoms with Gasteiger partial charge in [0.25, 0.3) is 0 Å². The van der Waals surface area contributed by atoms with E-state index in [1.54, 1.807) is 0 Å². The number of alkyl halides is 3. The zero-order chi connectivity index (χ0) is 12.3. The van der Waals surface area contributed by atoms with Crippen LogP contribution in [0.2, 0.25) is 0 Å². The number of ketones is 1. The molecule has 0 radical (unpaired) electrons. The molecule has 6 heteroatoms. The monoisotopic (exact) mass is 231 g/mol. The number of carboxylic acid groups (broad SMARTS) is 1. The summed E-state index contributed by atoms with van der Waals surface area (Å²) < 4.78 is 36.8. The van der Waals surface area contributed by atoms with Crippen molar-refractivity contribution < 1.29 is 27.9 Å². The first kappa shape index (κ1) is 12.2. The van der Waals surface area contributed by atoms with Crippen molar-refractivity contribution in [3.63, 3.8) is 0 Å². The Hall–Kier alpha value is -1.85. The summed E-state index contributed by atoms with van der Waals surface area (Å²) in [4.78, 5) is 21.3. The van der Waals surface area contributed by atoms with Gasteiger partial charge in [-0.1, -0.05) is 12.1 Å². The van der Waals surface area contributed by atoms with Gasteiger partial charge in [-0.15, -0.1) is 0 Å². The quantitative estimate of drug-likeness (QED) is 0.576. The number of Topliss-reactive ketones (excluding diaryl/α,β-unsaturated/α-hetero) is 1. The van der Waals surface area contributed by atoms with Crippen molar-refractivity contribution >= 4 is 11.8 Å². The molecule has 0 amide bonds. The molecule has 0 saturated heterocycles. The fraction of sp³-hybridized carbons (Fsp3) is 0.200. The van der Waals surface area contributed by atoms with Gasteiger partial charge in [-0.25, -0.2) is 0 Å². The largest absolute Gasteiger partial charge is 0.550 e. The maximum absolute atomic E-state index is 12.3. The third kappa shape index (κ3) is 3.08. The van der Waals surface area contributed by atoms with Crippen LogP contribution in [0.25, 0.3) is 0 Å². The first-order chi connectivity index (χ1) is 7.30. The van der Waals surface area contributed by atoms with Crippen LogP contribution in [0.15, 0.2) is 24.3 Å². The highest BCUT2D eigenvalue weighted by Crippen LogP contribution is 2.29. The van der Waals surface area contributed by atoms with Gasteiger partial charge in [0, 0.05) is 11.5 Å². The summed E-state index contributed by atoms with van der Waals surface area (Å²) in [5, 5.41) is 10.1. The van der Waals surface area contributed by atoms with Gasteiger partial charge in [-0.2, -0.15) is 13.2 Å². The highest BCUT2D eigenvalue weighted by molar-refractivity contribution is 6.05. The topological polar surface area (TPSA) is 57.2 Å². The lowest BCUT2D eigenvalue weighted by Gasteiger charge is -2.08. The second-order valence-electron chi connectivity index (χ2n) is 3.05. The fourth-order valence-corrected chi connectivity index (χ4v) is 1.10. The van der Waals surface area contributed by atoms with Crippen LogP contribution in [0.5, 0.6) is 0 Å². The fourth-order valence-electron chi connectivity index (χ4n) is 1.10. The molecule has 3 nitrogen and oxygen atoms in total. The van der Waals surface area contributed by atoms with Gasteiger partial charge in [-0.3, -0.25) is 4.79 Å². The molecular formula is C10H6F3O3-. The molecule has 0 aliphatic rings. The molecule has 1 aromatic rings. The van der Waals surface area contributed by atoms with E-state index in [-0.39, 0.29) is 5.56 Å². The van der Waals surface area contributed by atoms with E-state index in [0.29, 0.717) is 6.07 Å². The number of carboxylic acids is 1. The highest BCUT2D eigenvalue weighted by Gasteiger charge is 2.30. The molecule has 0 aliphatic heterocycles. The molecule has 0 atom stereocenters. The molecular weight excluding hydrogens is 225 g/mol. The Kier molecular flexibility index (Phi) is 3.31. The first-order valence-electron chi connectivity index (χ1n) is 4.21. The van der Waals surface area contributed by atoms with Gasteiger partial charge in [0.2, 0.25) is 0 Å². The average molecular weight is 231 g/mol. The standard InChI is InChI=1S/C10H7F3O3/c11-10(12,13)7-3-1-2-6(4-7)8(14)5-9(15)16/h1-4H,5H2,(H,15,16)/p-1. The molecule has 0 unspecified atom stereocenters. The predicted octanol–water partition coefficient (Wildman–Crippen LogP) is 1.03. The molecule has 0 aliphatic carbocycles. The number of hydrogen-bond donors (Lipinski definition) is 0. The molecule has 0 heterocycles. The Morgan fingerprint density at radius 1 is 1.25 bits per heavy atom. The number of carbonyl (C=O) groups is 2. The van der Waals surface area contributed by atoms with Crippen LogP contribution < -0.4 is 5.11 Å². The summed E-state index contributed by atoms with van der Waals surface area (Å²) in [6, 6.07) is 3.59. The van der Waals surface area contributed by atoms with Gasteiger partial charge >= 0.3 is 6.18 Å². The number of halogens is 3. The SMILES string of the molecule is O=C([O-])CC(=O)c1cccc(C(F)(F)F)c1. The summed E-state index contributed by atoms with van der Waals surface area (Å²) in [6.07, 6.45) is -5.49. The van der Waals surface area contributed by atoms with Crippen molar-refractivity contribution in [2.45, 2.75) is 12.6 Å². The molecule has 16 heavy (non-hydrogen) atoms. The first-order valence-corrected chi connectivity index (χ1v) is 4.21. The Labute approximate surface area is 88.5 Å². The Bertz CT molecular complexity index is 424. The van der Waals surface area contributed by atoms with E-state index in [1.807, 2.05) is 0 Å². The molecule has 0 N–H and O–H groups in total. The van der Waals surface area contributed by atoms with E-state index in [9.17, 15) is 27.9 Å². The van der Waals surface area contributed by atoms with Crippen LogP contribution in [0.3, 0.4) is 0 Å². The maximum atomic E-state index is 12.3. The summed E-state index contributed by atoms with van der Waals surface area (Å²) in [5.41, 5.74) is -1.28. The van der Waals surface area contributed by atoms with Crippen LogP contribution in [0.1, 0.15) is 22.3 Å². The van der Waals surface area contributed by atoms with Gasteiger partial charge < -0.3 is 9.90 Å². The van der Waals surface area contributed by atoms with Gasteiger partial charge in [0.15, 0.2) is 5.78 Å². The zero-order valence-electron chi connectivity index (χ0n) is 7.88. The van der Waals surface area contributed by atoms with E-state index in [2.05, 4.69) is 0 Å². The van der Waals surface area contributed by atoms with Gasteiger partial charge in [0.05, 0.1) is 12.0 Å². The van der Waals surface area contributed by atoms with Crippen molar-refractivity contribution in [1.29, 1.82) is 0 Å². The highest BCUT2D eigenvalue weighted by atomic mass is 19.4. The van der Waals surface area contributed by atoms with E-state index in [0.717, 1.165) is 18.2 Å². The minimum absolute atomic E-state index is 0.293. The second kappa shape index (κ2) is 4.34. The number of benzene rings is 1. The zero-order valence-corrected chi connectivity index (χ0v) is 7.88. The average Bonchev–Trinajstić information content (AvgIpc) is 2.15. The van der Waals surface area contributed by atoms with Crippen molar-refractivity contribution in [1.82, 2.24) is 0 Å². The van der Waals surface area contributed by atoms with Gasteiger partial charge in [-0.05, 0) is 12.1 Å². The molecule has 1 aromatic carbocycles. The van der Waals surface area contributed by atoms with Crippen LogP contribution >= 0.6 is 0 Å². The predicted molar refractivity (Wildman–Crippen MR) is 45.4 cm³/mol. The van der Waals surface area contributed by atoms with Crippen molar-refractivity contribution in [2.75, 3.05) is 0 Å². The number of hydrogen-bond acceptors (Lipinski definition) is 3. The van der Waals surface area contributed by atoms with E-state index >= 15 is 0 Å². The molecule has 0 saturated carbocycles. The lowest BCUT2D eigenvalue weighted by Crippen LogP contribution is -2.25. The summed E-state index contributed by atoms with van der Waals surface area (Å²) in [7, 11) is 0. The van der Waals surface area contributed by atoms with Crippen LogP contribution in [0.4, 0.5) is 13.2 Å². The van der Waals surface area contributed by atoms with Crippen LogP contribution in [0, 0.1) is 0 Å². The van der Waals surface area contributed by atoms with E-state index in [4.69, 9.17) is 0 Å². The van der Waals surface area contributed by atoms with E-state index in [1.165, 1.54) is 0 Å². The third-order valence-corrected chi connectivity index (χ3v) is 1.82. The third-order valence-electron chi connectivity index (χ3n) is 1.82. The van der Waals surface area contributed by atoms with Crippen LogP contribution in [-0.2, 0) is 11.0 Å². The Morgan fingerprint density at radius 2 is 1.88 bits per heavy atom. The maximum Gasteiger partial charge on any atom is 0.416 e. The number of aliphatic carboxylic acids is 1. The Balaban J connectivity index is 2.99. The Morgan fingerprint density at radius 3 is 2.38 bits per heavy atom. The molecule has 0 fully saturated rings. The molecule has 0 spiro atoms. The molecule has 1 rings (SSSR count). The van der Waals surface area contributed by atoms with Crippen LogP contribution in [-0.4, -0.2) is 11.8 Å². The molecule has 86 valence electrons. The van der Waals surface area contributed by atoms with Gasteiger partial charge in [0.1, 0.15) is 0 Å². The minimum atomic E-state index is -4.56. The normalized spacial score (nSPS) is 11.2. The smallest absolute Gasteiger partial charge is 0.416 e. The molecule has 0 aromatic heterocycles.